The smallest absolute Gasteiger partial charge is 0.0221 e. The molecule has 0 aromatic carbocycles. The Morgan fingerprint density at radius 2 is 1.85 bits per heavy atom. The van der Waals surface area contributed by atoms with Gasteiger partial charge in [0.2, 0.25) is 0 Å². The molecule has 2 aliphatic rings. The average molecular weight is 182 g/mol. The van der Waals surface area contributed by atoms with Crippen LogP contribution in [0.5, 0.6) is 0 Å². The molecule has 2 unspecified atom stereocenters. The zero-order chi connectivity index (χ0) is 9.10. The Balaban J connectivity index is 1.78. The van der Waals surface area contributed by atoms with Crippen LogP contribution < -0.4 is 10.6 Å². The number of rotatable bonds is 2. The van der Waals surface area contributed by atoms with Gasteiger partial charge in [-0.15, -0.1) is 0 Å². The van der Waals surface area contributed by atoms with Gasteiger partial charge in [0, 0.05) is 18.1 Å². The SMILES string of the molecule is CC1NCCCC1NC1CCCC1. The fourth-order valence-electron chi connectivity index (χ4n) is 2.67. The molecule has 13 heavy (non-hydrogen) atoms. The maximum absolute atomic E-state index is 3.81. The van der Waals surface area contributed by atoms with Crippen LogP contribution in [0.4, 0.5) is 0 Å². The van der Waals surface area contributed by atoms with Gasteiger partial charge in [0.05, 0.1) is 0 Å². The van der Waals surface area contributed by atoms with Crippen LogP contribution in [0, 0.1) is 0 Å². The van der Waals surface area contributed by atoms with Crippen molar-refractivity contribution >= 4 is 0 Å². The molecule has 0 radical (unpaired) electrons. The third-order valence-corrected chi connectivity index (χ3v) is 3.57. The maximum Gasteiger partial charge on any atom is 0.0221 e. The van der Waals surface area contributed by atoms with Crippen molar-refractivity contribution in [3.05, 3.63) is 0 Å². The van der Waals surface area contributed by atoms with E-state index in [1.807, 2.05) is 0 Å². The van der Waals surface area contributed by atoms with Crippen LogP contribution in [0.15, 0.2) is 0 Å². The first kappa shape index (κ1) is 9.47. The minimum absolute atomic E-state index is 0.675. The molecule has 1 aliphatic carbocycles. The molecule has 0 aromatic heterocycles. The minimum Gasteiger partial charge on any atom is -0.313 e. The molecule has 1 aliphatic heterocycles. The standard InChI is InChI=1S/C11H22N2/c1-9-11(7-4-8-12-9)13-10-5-2-3-6-10/h9-13H,2-8H2,1H3. The summed E-state index contributed by atoms with van der Waals surface area (Å²) in [6.07, 6.45) is 8.39. The summed E-state index contributed by atoms with van der Waals surface area (Å²) < 4.78 is 0. The fourth-order valence-corrected chi connectivity index (χ4v) is 2.67. The Morgan fingerprint density at radius 1 is 1.08 bits per heavy atom. The van der Waals surface area contributed by atoms with E-state index in [9.17, 15) is 0 Å². The van der Waals surface area contributed by atoms with E-state index in [1.165, 1.54) is 45.1 Å². The average Bonchev–Trinajstić information content (AvgIpc) is 2.61. The Kier molecular flexibility index (Phi) is 3.23. The number of piperidine rings is 1. The van der Waals surface area contributed by atoms with Crippen molar-refractivity contribution in [2.45, 2.75) is 63.6 Å². The van der Waals surface area contributed by atoms with Crippen LogP contribution in [0.2, 0.25) is 0 Å². The van der Waals surface area contributed by atoms with Crippen molar-refractivity contribution in [3.8, 4) is 0 Å². The predicted octanol–water partition coefficient (Wildman–Crippen LogP) is 1.66. The first-order valence-corrected chi connectivity index (χ1v) is 5.86. The van der Waals surface area contributed by atoms with Crippen LogP contribution in [0.1, 0.15) is 45.4 Å². The summed E-state index contributed by atoms with van der Waals surface area (Å²) in [5, 5.41) is 7.35. The summed E-state index contributed by atoms with van der Waals surface area (Å²) in [6, 6.07) is 2.23. The second-order valence-corrected chi connectivity index (χ2v) is 4.64. The van der Waals surface area contributed by atoms with Crippen molar-refractivity contribution in [1.82, 2.24) is 10.6 Å². The summed E-state index contributed by atoms with van der Waals surface area (Å²) in [4.78, 5) is 0. The van der Waals surface area contributed by atoms with Crippen molar-refractivity contribution in [3.63, 3.8) is 0 Å². The molecule has 2 N–H and O–H groups in total. The van der Waals surface area contributed by atoms with E-state index >= 15 is 0 Å². The number of hydrogen-bond acceptors (Lipinski definition) is 2. The van der Waals surface area contributed by atoms with Gasteiger partial charge in [-0.1, -0.05) is 12.8 Å². The highest BCUT2D eigenvalue weighted by molar-refractivity contribution is 4.87. The zero-order valence-electron chi connectivity index (χ0n) is 8.68. The molecule has 2 fully saturated rings. The first-order valence-electron chi connectivity index (χ1n) is 5.86. The van der Waals surface area contributed by atoms with Gasteiger partial charge >= 0.3 is 0 Å². The molecule has 1 saturated heterocycles. The summed E-state index contributed by atoms with van der Waals surface area (Å²) in [7, 11) is 0. The quantitative estimate of drug-likeness (QED) is 0.678. The van der Waals surface area contributed by atoms with Gasteiger partial charge in [-0.25, -0.2) is 0 Å². The second-order valence-electron chi connectivity index (χ2n) is 4.64. The Hall–Kier alpha value is -0.0800. The normalized spacial score (nSPS) is 36.7. The summed E-state index contributed by atoms with van der Waals surface area (Å²) >= 11 is 0. The summed E-state index contributed by atoms with van der Waals surface area (Å²) in [5.74, 6) is 0. The molecule has 1 heterocycles. The van der Waals surface area contributed by atoms with Crippen molar-refractivity contribution in [2.24, 2.45) is 0 Å². The molecule has 1 saturated carbocycles. The molecule has 0 amide bonds. The van der Waals surface area contributed by atoms with E-state index in [4.69, 9.17) is 0 Å². The van der Waals surface area contributed by atoms with Crippen molar-refractivity contribution in [2.75, 3.05) is 6.54 Å². The lowest BCUT2D eigenvalue weighted by Crippen LogP contribution is -2.52. The molecule has 0 aromatic rings. The van der Waals surface area contributed by atoms with E-state index < -0.39 is 0 Å². The number of hydrogen-bond donors (Lipinski definition) is 2. The third kappa shape index (κ3) is 2.44. The van der Waals surface area contributed by atoms with Gasteiger partial charge in [-0.05, 0) is 39.2 Å². The highest BCUT2D eigenvalue weighted by Gasteiger charge is 2.24. The van der Waals surface area contributed by atoms with Gasteiger partial charge in [-0.3, -0.25) is 0 Å². The van der Waals surface area contributed by atoms with E-state index in [0.29, 0.717) is 6.04 Å². The van der Waals surface area contributed by atoms with Crippen LogP contribution in [-0.4, -0.2) is 24.7 Å². The molecule has 76 valence electrons. The van der Waals surface area contributed by atoms with Gasteiger partial charge < -0.3 is 10.6 Å². The molecule has 0 spiro atoms. The number of nitrogens with one attached hydrogen (secondary N) is 2. The van der Waals surface area contributed by atoms with E-state index in [2.05, 4.69) is 17.6 Å². The van der Waals surface area contributed by atoms with Crippen LogP contribution in [0.3, 0.4) is 0 Å². The minimum atomic E-state index is 0.675. The lowest BCUT2D eigenvalue weighted by atomic mass is 9.98. The van der Waals surface area contributed by atoms with Crippen LogP contribution in [-0.2, 0) is 0 Å². The lowest BCUT2D eigenvalue weighted by Gasteiger charge is -2.33. The van der Waals surface area contributed by atoms with Gasteiger partial charge in [0.15, 0.2) is 0 Å². The Bertz CT molecular complexity index is 152. The highest BCUT2D eigenvalue weighted by atomic mass is 15.0. The van der Waals surface area contributed by atoms with Gasteiger partial charge in [0.25, 0.3) is 0 Å². The van der Waals surface area contributed by atoms with Crippen molar-refractivity contribution in [1.29, 1.82) is 0 Å². The molecule has 2 nitrogen and oxygen atoms in total. The first-order chi connectivity index (χ1) is 6.36. The summed E-state index contributed by atoms with van der Waals surface area (Å²) in [6.45, 7) is 3.52. The highest BCUT2D eigenvalue weighted by Crippen LogP contribution is 2.20. The van der Waals surface area contributed by atoms with E-state index in [0.717, 1.165) is 12.1 Å². The largest absolute Gasteiger partial charge is 0.313 e. The molecule has 2 heteroatoms. The third-order valence-electron chi connectivity index (χ3n) is 3.57. The Labute approximate surface area is 81.5 Å². The monoisotopic (exact) mass is 182 g/mol. The zero-order valence-corrected chi connectivity index (χ0v) is 8.68. The van der Waals surface area contributed by atoms with Crippen molar-refractivity contribution < 1.29 is 0 Å². The molecule has 0 bridgehead atoms. The Morgan fingerprint density at radius 3 is 2.54 bits per heavy atom. The molecule has 2 rings (SSSR count). The van der Waals surface area contributed by atoms with Gasteiger partial charge in [0.1, 0.15) is 0 Å². The molecular formula is C11H22N2. The predicted molar refractivity (Wildman–Crippen MR) is 55.9 cm³/mol. The summed E-state index contributed by atoms with van der Waals surface area (Å²) in [5.41, 5.74) is 0. The lowest BCUT2D eigenvalue weighted by molar-refractivity contribution is 0.291. The van der Waals surface area contributed by atoms with Crippen LogP contribution in [0.25, 0.3) is 0 Å². The van der Waals surface area contributed by atoms with E-state index in [-0.39, 0.29) is 0 Å². The van der Waals surface area contributed by atoms with Crippen LogP contribution >= 0.6 is 0 Å². The van der Waals surface area contributed by atoms with E-state index in [1.54, 1.807) is 0 Å². The fraction of sp³-hybridized carbons (Fsp3) is 1.00. The molecular weight excluding hydrogens is 160 g/mol. The topological polar surface area (TPSA) is 24.1 Å². The second kappa shape index (κ2) is 4.43. The maximum atomic E-state index is 3.81. The molecule has 2 atom stereocenters. The van der Waals surface area contributed by atoms with Gasteiger partial charge in [-0.2, -0.15) is 0 Å².